The maximum absolute atomic E-state index is 12.2. The van der Waals surface area contributed by atoms with Gasteiger partial charge >= 0.3 is 12.0 Å². The van der Waals surface area contributed by atoms with Gasteiger partial charge in [0.15, 0.2) is 0 Å². The van der Waals surface area contributed by atoms with Crippen LogP contribution in [0.3, 0.4) is 0 Å². The van der Waals surface area contributed by atoms with Crippen molar-refractivity contribution in [3.63, 3.8) is 0 Å². The number of carbonyl (C=O) groups excluding carboxylic acids is 1. The molecule has 2 amide bonds. The van der Waals surface area contributed by atoms with Crippen LogP contribution in [0.15, 0.2) is 24.3 Å². The van der Waals surface area contributed by atoms with Crippen LogP contribution < -0.4 is 5.32 Å². The lowest BCUT2D eigenvalue weighted by atomic mass is 10.2. The molecule has 108 valence electrons. The molecule has 1 saturated heterocycles. The molecule has 0 radical (unpaired) electrons. The summed E-state index contributed by atoms with van der Waals surface area (Å²) in [6.07, 6.45) is 0.932. The second-order valence-electron chi connectivity index (χ2n) is 5.13. The molecular formula is C14H19N3O3. The highest BCUT2D eigenvalue weighted by Crippen LogP contribution is 2.18. The Kier molecular flexibility index (Phi) is 4.24. The Hall–Kier alpha value is -2.08. The average Bonchev–Trinajstić information content (AvgIpc) is 2.89. The van der Waals surface area contributed by atoms with E-state index in [1.54, 1.807) is 23.1 Å². The molecule has 6 nitrogen and oxygen atoms in total. The van der Waals surface area contributed by atoms with E-state index in [-0.39, 0.29) is 11.6 Å². The van der Waals surface area contributed by atoms with Gasteiger partial charge in [-0.25, -0.2) is 9.59 Å². The molecule has 6 heteroatoms. The lowest BCUT2D eigenvalue weighted by Gasteiger charge is -2.21. The Bertz CT molecular complexity index is 516. The summed E-state index contributed by atoms with van der Waals surface area (Å²) in [5.74, 6) is -1.05. The highest BCUT2D eigenvalue weighted by Gasteiger charge is 2.27. The average molecular weight is 277 g/mol. The number of nitrogens with zero attached hydrogens (tertiary/aromatic N) is 2. The summed E-state index contributed by atoms with van der Waals surface area (Å²) >= 11 is 0. The maximum atomic E-state index is 12.2. The Morgan fingerprint density at radius 2 is 2.05 bits per heavy atom. The second kappa shape index (κ2) is 5.92. The minimum Gasteiger partial charge on any atom is -0.478 e. The molecule has 0 spiro atoms. The third kappa shape index (κ3) is 3.08. The molecule has 1 unspecified atom stereocenters. The Morgan fingerprint density at radius 1 is 1.35 bits per heavy atom. The quantitative estimate of drug-likeness (QED) is 0.879. The van der Waals surface area contributed by atoms with Crippen LogP contribution in [0.25, 0.3) is 0 Å². The van der Waals surface area contributed by atoms with Crippen LogP contribution in [0.5, 0.6) is 0 Å². The topological polar surface area (TPSA) is 72.9 Å². The highest BCUT2D eigenvalue weighted by atomic mass is 16.4. The molecule has 0 saturated carbocycles. The number of aromatic carboxylic acids is 1. The van der Waals surface area contributed by atoms with Crippen LogP contribution in [0.1, 0.15) is 16.8 Å². The van der Waals surface area contributed by atoms with Gasteiger partial charge in [0.1, 0.15) is 0 Å². The number of nitrogens with one attached hydrogen (secondary N) is 1. The number of likely N-dealkylation sites (tertiary alicyclic amines) is 1. The van der Waals surface area contributed by atoms with Crippen LogP contribution in [0, 0.1) is 0 Å². The van der Waals surface area contributed by atoms with Crippen LogP contribution in [0.4, 0.5) is 10.5 Å². The smallest absolute Gasteiger partial charge is 0.337 e. The molecule has 2 N–H and O–H groups in total. The SMILES string of the molecule is CN(C)C1CCN(C(=O)Nc2ccccc2C(=O)O)C1. The first-order valence-electron chi connectivity index (χ1n) is 6.53. The van der Waals surface area contributed by atoms with Crippen LogP contribution >= 0.6 is 0 Å². The van der Waals surface area contributed by atoms with E-state index < -0.39 is 5.97 Å². The Labute approximate surface area is 118 Å². The number of anilines is 1. The predicted octanol–water partition coefficient (Wildman–Crippen LogP) is 1.55. The fourth-order valence-electron chi connectivity index (χ4n) is 2.32. The van der Waals surface area contributed by atoms with Crippen LogP contribution in [-0.2, 0) is 0 Å². The van der Waals surface area contributed by atoms with E-state index in [1.165, 1.54) is 6.07 Å². The minimum atomic E-state index is -1.05. The number of benzene rings is 1. The van der Waals surface area contributed by atoms with Crippen molar-refractivity contribution in [1.29, 1.82) is 0 Å². The van der Waals surface area contributed by atoms with Crippen molar-refractivity contribution in [2.75, 3.05) is 32.5 Å². The van der Waals surface area contributed by atoms with Gasteiger partial charge in [-0.2, -0.15) is 0 Å². The van der Waals surface area contributed by atoms with Crippen molar-refractivity contribution in [3.05, 3.63) is 29.8 Å². The van der Waals surface area contributed by atoms with Gasteiger partial charge in [0.25, 0.3) is 0 Å². The largest absolute Gasteiger partial charge is 0.478 e. The van der Waals surface area contributed by atoms with Gasteiger partial charge in [0, 0.05) is 19.1 Å². The summed E-state index contributed by atoms with van der Waals surface area (Å²) in [5.41, 5.74) is 0.433. The van der Waals surface area contributed by atoms with Crippen LogP contribution in [-0.4, -0.2) is 60.1 Å². The molecule has 1 heterocycles. The Balaban J connectivity index is 2.04. The van der Waals surface area contributed by atoms with Gasteiger partial charge in [0.05, 0.1) is 11.3 Å². The highest BCUT2D eigenvalue weighted by molar-refractivity contribution is 6.00. The third-order valence-corrected chi connectivity index (χ3v) is 3.58. The van der Waals surface area contributed by atoms with Gasteiger partial charge in [0.2, 0.25) is 0 Å². The standard InChI is InChI=1S/C14H19N3O3/c1-16(2)10-7-8-17(9-10)14(20)15-12-6-4-3-5-11(12)13(18)19/h3-6,10H,7-9H2,1-2H3,(H,15,20)(H,18,19). The number of carboxylic acids is 1. The van der Waals surface area contributed by atoms with Gasteiger partial charge in [-0.1, -0.05) is 12.1 Å². The maximum Gasteiger partial charge on any atom is 0.337 e. The van der Waals surface area contributed by atoms with Gasteiger partial charge in [-0.15, -0.1) is 0 Å². The minimum absolute atomic E-state index is 0.101. The monoisotopic (exact) mass is 277 g/mol. The first-order chi connectivity index (χ1) is 9.49. The van der Waals surface area contributed by atoms with E-state index in [1.807, 2.05) is 14.1 Å². The molecule has 0 bridgehead atoms. The van der Waals surface area contributed by atoms with E-state index in [9.17, 15) is 9.59 Å². The number of likely N-dealkylation sites (N-methyl/N-ethyl adjacent to an activating group) is 1. The van der Waals surface area contributed by atoms with Crippen molar-refractivity contribution in [2.24, 2.45) is 0 Å². The van der Waals surface area contributed by atoms with Crippen molar-refractivity contribution in [1.82, 2.24) is 9.80 Å². The van der Waals surface area contributed by atoms with E-state index in [2.05, 4.69) is 10.2 Å². The second-order valence-corrected chi connectivity index (χ2v) is 5.13. The summed E-state index contributed by atoms with van der Waals surface area (Å²) in [7, 11) is 3.98. The molecule has 0 aliphatic carbocycles. The summed E-state index contributed by atoms with van der Waals surface area (Å²) in [6, 6.07) is 6.52. The first-order valence-corrected chi connectivity index (χ1v) is 6.53. The number of amides is 2. The predicted molar refractivity (Wildman–Crippen MR) is 76.1 cm³/mol. The summed E-state index contributed by atoms with van der Waals surface area (Å²) in [6.45, 7) is 1.35. The van der Waals surface area contributed by atoms with Gasteiger partial charge in [-0.3, -0.25) is 0 Å². The molecule has 2 rings (SSSR count). The lowest BCUT2D eigenvalue weighted by molar-refractivity contribution is 0.0698. The van der Waals surface area contributed by atoms with Crippen molar-refractivity contribution in [2.45, 2.75) is 12.5 Å². The number of carboxylic acid groups (broad SMARTS) is 1. The van der Waals surface area contributed by atoms with Crippen LogP contribution in [0.2, 0.25) is 0 Å². The van der Waals surface area contributed by atoms with Gasteiger partial charge < -0.3 is 20.2 Å². The van der Waals surface area contributed by atoms with Crippen molar-refractivity contribution >= 4 is 17.7 Å². The van der Waals surface area contributed by atoms with Crippen molar-refractivity contribution in [3.8, 4) is 0 Å². The molecule has 20 heavy (non-hydrogen) atoms. The number of rotatable bonds is 3. The number of hydrogen-bond donors (Lipinski definition) is 2. The zero-order valence-electron chi connectivity index (χ0n) is 11.7. The number of carbonyl (C=O) groups is 2. The van der Waals surface area contributed by atoms with Gasteiger partial charge in [-0.05, 0) is 32.6 Å². The van der Waals surface area contributed by atoms with Crippen molar-refractivity contribution < 1.29 is 14.7 Å². The molecule has 1 aliphatic rings. The summed E-state index contributed by atoms with van der Waals surface area (Å²) < 4.78 is 0. The molecule has 0 aromatic heterocycles. The first kappa shape index (κ1) is 14.3. The Morgan fingerprint density at radius 3 is 2.65 bits per heavy atom. The molecule has 1 fully saturated rings. The zero-order chi connectivity index (χ0) is 14.7. The summed E-state index contributed by atoms with van der Waals surface area (Å²) in [4.78, 5) is 27.1. The number of hydrogen-bond acceptors (Lipinski definition) is 3. The third-order valence-electron chi connectivity index (χ3n) is 3.58. The zero-order valence-corrected chi connectivity index (χ0v) is 11.7. The molecule has 1 aromatic carbocycles. The van der Waals surface area contributed by atoms with E-state index >= 15 is 0 Å². The number of para-hydroxylation sites is 1. The van der Waals surface area contributed by atoms with E-state index in [4.69, 9.17) is 5.11 Å². The number of urea groups is 1. The molecule has 1 aromatic rings. The van der Waals surface area contributed by atoms with E-state index in [0.717, 1.165) is 6.42 Å². The normalized spacial score (nSPS) is 18.4. The lowest BCUT2D eigenvalue weighted by Crippen LogP contribution is -2.37. The molecule has 1 aliphatic heterocycles. The molecular weight excluding hydrogens is 258 g/mol. The fourth-order valence-corrected chi connectivity index (χ4v) is 2.32. The fraction of sp³-hybridized carbons (Fsp3) is 0.429. The van der Waals surface area contributed by atoms with E-state index in [0.29, 0.717) is 24.8 Å². The summed E-state index contributed by atoms with van der Waals surface area (Å²) in [5, 5.41) is 11.8. The molecule has 1 atom stereocenters.